The number of carbonyl (C=O) groups is 2. The maximum absolute atomic E-state index is 13.3. The number of thioether (sulfide) groups is 2. The van der Waals surface area contributed by atoms with Crippen LogP contribution < -0.4 is 5.32 Å². The Bertz CT molecular complexity index is 773. The minimum atomic E-state index is -0.464. The van der Waals surface area contributed by atoms with Gasteiger partial charge in [-0.3, -0.25) is 14.9 Å². The highest BCUT2D eigenvalue weighted by molar-refractivity contribution is 8.01. The molecule has 4 atom stereocenters. The summed E-state index contributed by atoms with van der Waals surface area (Å²) in [6.07, 6.45) is 3.14. The second-order valence-corrected chi connectivity index (χ2v) is 10.3. The first kappa shape index (κ1) is 22.1. The lowest BCUT2D eigenvalue weighted by Gasteiger charge is -2.32. The van der Waals surface area contributed by atoms with E-state index >= 15 is 0 Å². The number of benzene rings is 1. The van der Waals surface area contributed by atoms with Gasteiger partial charge in [0, 0.05) is 32.3 Å². The van der Waals surface area contributed by atoms with Gasteiger partial charge in [0.2, 0.25) is 5.91 Å². The Morgan fingerprint density at radius 1 is 1.23 bits per heavy atom. The van der Waals surface area contributed by atoms with E-state index in [0.717, 1.165) is 25.0 Å². The van der Waals surface area contributed by atoms with E-state index in [1.54, 1.807) is 37.7 Å². The van der Waals surface area contributed by atoms with Crippen LogP contribution in [0.5, 0.6) is 0 Å². The van der Waals surface area contributed by atoms with E-state index < -0.39 is 12.3 Å². The van der Waals surface area contributed by atoms with E-state index in [1.807, 2.05) is 4.90 Å². The molecular weight excluding hydrogens is 420 g/mol. The summed E-state index contributed by atoms with van der Waals surface area (Å²) in [7, 11) is 3.19. The van der Waals surface area contributed by atoms with Crippen molar-refractivity contribution in [2.45, 2.75) is 49.3 Å². The molecule has 2 aliphatic heterocycles. The standard InChI is InChI=1S/C22H30N2O4S2/c1-27-22(28-2)17-11-29-13-24(17)21(26)19-20(30-12-23-19)18(25)10-14-7-8-15-5-3-4-6-16(15)9-14/h3-6,14,17,19-20,22-23H,7-13H2,1-2H3/t14-,17-,19-,20?/m0/s1. The SMILES string of the molecule is COC(OC)[C@@H]1CSCN1C(=O)[C@H]1NCSC1C(=O)C[C@H]1CCc2ccccc2C1. The molecule has 0 spiro atoms. The quantitative estimate of drug-likeness (QED) is 0.640. The molecule has 0 bridgehead atoms. The summed E-state index contributed by atoms with van der Waals surface area (Å²) in [6.45, 7) is 0. The number of aryl methyl sites for hydroxylation is 1. The number of Topliss-reactive ketones (excluding diaryl/α,β-unsaturated/α-hetero) is 1. The van der Waals surface area contributed by atoms with Crippen LogP contribution in [-0.4, -0.2) is 71.9 Å². The molecule has 8 heteroatoms. The Labute approximate surface area is 186 Å². The molecule has 2 heterocycles. The van der Waals surface area contributed by atoms with Crippen molar-refractivity contribution in [2.24, 2.45) is 5.92 Å². The van der Waals surface area contributed by atoms with Gasteiger partial charge in [-0.25, -0.2) is 0 Å². The van der Waals surface area contributed by atoms with E-state index in [2.05, 4.69) is 29.6 Å². The largest absolute Gasteiger partial charge is 0.354 e. The lowest BCUT2D eigenvalue weighted by Crippen LogP contribution is -2.54. The fraction of sp³-hybridized carbons (Fsp3) is 0.636. The number of fused-ring (bicyclic) bond motifs is 1. The molecule has 2 saturated heterocycles. The van der Waals surface area contributed by atoms with Crippen molar-refractivity contribution in [3.05, 3.63) is 35.4 Å². The van der Waals surface area contributed by atoms with Gasteiger partial charge in [-0.05, 0) is 36.3 Å². The summed E-state index contributed by atoms with van der Waals surface area (Å²) in [4.78, 5) is 28.4. The highest BCUT2D eigenvalue weighted by atomic mass is 32.2. The Morgan fingerprint density at radius 2 is 2.00 bits per heavy atom. The van der Waals surface area contributed by atoms with Crippen molar-refractivity contribution < 1.29 is 19.1 Å². The van der Waals surface area contributed by atoms with Crippen LogP contribution in [0.3, 0.4) is 0 Å². The van der Waals surface area contributed by atoms with Crippen LogP contribution in [0.2, 0.25) is 0 Å². The van der Waals surface area contributed by atoms with Gasteiger partial charge in [0.05, 0.1) is 17.2 Å². The minimum Gasteiger partial charge on any atom is -0.354 e. The summed E-state index contributed by atoms with van der Waals surface area (Å²) in [5.74, 6) is 2.57. The van der Waals surface area contributed by atoms with Gasteiger partial charge in [-0.1, -0.05) is 24.3 Å². The van der Waals surface area contributed by atoms with Crippen LogP contribution in [-0.2, 0) is 31.9 Å². The van der Waals surface area contributed by atoms with E-state index in [1.165, 1.54) is 11.1 Å². The van der Waals surface area contributed by atoms with Crippen molar-refractivity contribution in [3.63, 3.8) is 0 Å². The van der Waals surface area contributed by atoms with Crippen molar-refractivity contribution in [2.75, 3.05) is 31.7 Å². The maximum atomic E-state index is 13.3. The zero-order valence-corrected chi connectivity index (χ0v) is 19.2. The topological polar surface area (TPSA) is 67.9 Å². The van der Waals surface area contributed by atoms with Crippen LogP contribution in [0.4, 0.5) is 0 Å². The predicted octanol–water partition coefficient (Wildman–Crippen LogP) is 2.30. The third-order valence-corrected chi connectivity index (χ3v) is 8.64. The molecule has 1 amide bonds. The number of nitrogens with zero attached hydrogens (tertiary/aromatic N) is 1. The highest BCUT2D eigenvalue weighted by Crippen LogP contribution is 2.33. The average molecular weight is 451 g/mol. The summed E-state index contributed by atoms with van der Waals surface area (Å²) < 4.78 is 10.8. The molecule has 0 radical (unpaired) electrons. The van der Waals surface area contributed by atoms with Gasteiger partial charge in [0.25, 0.3) is 0 Å². The van der Waals surface area contributed by atoms with E-state index in [0.29, 0.717) is 24.1 Å². The molecule has 6 nitrogen and oxygen atoms in total. The van der Waals surface area contributed by atoms with Crippen molar-refractivity contribution in [3.8, 4) is 0 Å². The highest BCUT2D eigenvalue weighted by Gasteiger charge is 2.45. The van der Waals surface area contributed by atoms with Crippen LogP contribution in [0.1, 0.15) is 24.0 Å². The zero-order chi connectivity index (χ0) is 21.1. The maximum Gasteiger partial charge on any atom is 0.242 e. The lowest BCUT2D eigenvalue weighted by molar-refractivity contribution is -0.157. The predicted molar refractivity (Wildman–Crippen MR) is 121 cm³/mol. The van der Waals surface area contributed by atoms with Gasteiger partial charge in [-0.2, -0.15) is 0 Å². The minimum absolute atomic E-state index is 0.0126. The van der Waals surface area contributed by atoms with E-state index in [9.17, 15) is 9.59 Å². The van der Waals surface area contributed by atoms with Crippen LogP contribution in [0.25, 0.3) is 0 Å². The number of rotatable bonds is 7. The molecule has 164 valence electrons. The summed E-state index contributed by atoms with van der Waals surface area (Å²) in [5, 5.41) is 2.96. The number of carbonyl (C=O) groups excluding carboxylic acids is 2. The molecule has 1 aliphatic carbocycles. The molecule has 4 rings (SSSR count). The lowest BCUT2D eigenvalue weighted by atomic mass is 9.81. The van der Waals surface area contributed by atoms with Crippen LogP contribution in [0.15, 0.2) is 24.3 Å². The average Bonchev–Trinajstić information content (AvgIpc) is 3.44. The molecule has 1 aromatic carbocycles. The van der Waals surface area contributed by atoms with Crippen LogP contribution in [0, 0.1) is 5.92 Å². The van der Waals surface area contributed by atoms with Gasteiger partial charge in [-0.15, -0.1) is 23.5 Å². The van der Waals surface area contributed by atoms with Crippen molar-refractivity contribution in [1.29, 1.82) is 0 Å². The van der Waals surface area contributed by atoms with Gasteiger partial charge in [0.15, 0.2) is 6.29 Å². The normalized spacial score (nSPS) is 28.7. The number of hydrogen-bond donors (Lipinski definition) is 1. The van der Waals surface area contributed by atoms with Crippen molar-refractivity contribution >= 4 is 35.2 Å². The Hall–Kier alpha value is -1.06. The first-order valence-electron chi connectivity index (χ1n) is 10.5. The molecule has 1 unspecified atom stereocenters. The first-order valence-corrected chi connectivity index (χ1v) is 12.7. The number of hydrogen-bond acceptors (Lipinski definition) is 7. The molecule has 1 aromatic rings. The molecule has 1 N–H and O–H groups in total. The van der Waals surface area contributed by atoms with E-state index in [4.69, 9.17) is 9.47 Å². The third kappa shape index (κ3) is 4.58. The zero-order valence-electron chi connectivity index (χ0n) is 17.5. The smallest absolute Gasteiger partial charge is 0.242 e. The Balaban J connectivity index is 1.39. The summed E-state index contributed by atoms with van der Waals surface area (Å²) in [5.41, 5.74) is 2.78. The molecule has 30 heavy (non-hydrogen) atoms. The molecule has 0 saturated carbocycles. The molecule has 2 fully saturated rings. The fourth-order valence-electron chi connectivity index (χ4n) is 4.77. The van der Waals surface area contributed by atoms with Gasteiger partial charge < -0.3 is 14.4 Å². The number of ether oxygens (including phenoxy) is 2. The third-order valence-electron chi connectivity index (χ3n) is 6.37. The monoisotopic (exact) mass is 450 g/mol. The number of nitrogens with one attached hydrogen (secondary N) is 1. The van der Waals surface area contributed by atoms with Crippen LogP contribution >= 0.6 is 23.5 Å². The molecule has 0 aromatic heterocycles. The van der Waals surface area contributed by atoms with E-state index in [-0.39, 0.29) is 23.0 Å². The molecule has 3 aliphatic rings. The van der Waals surface area contributed by atoms with Gasteiger partial charge in [0.1, 0.15) is 11.8 Å². The fourth-order valence-corrected chi connectivity index (χ4v) is 7.12. The number of methoxy groups -OCH3 is 2. The van der Waals surface area contributed by atoms with Crippen molar-refractivity contribution in [1.82, 2.24) is 10.2 Å². The summed E-state index contributed by atoms with van der Waals surface area (Å²) >= 11 is 3.26. The number of amides is 1. The summed E-state index contributed by atoms with van der Waals surface area (Å²) in [6, 6.07) is 7.94. The second kappa shape index (κ2) is 10.0. The second-order valence-electron chi connectivity index (χ2n) is 8.18. The first-order chi connectivity index (χ1) is 14.6. The van der Waals surface area contributed by atoms with Gasteiger partial charge >= 0.3 is 0 Å². The Kier molecular flexibility index (Phi) is 7.41. The number of ketones is 1. The Morgan fingerprint density at radius 3 is 2.77 bits per heavy atom. The molecular formula is C22H30N2O4S2.